The second kappa shape index (κ2) is 13.3. The van der Waals surface area contributed by atoms with Gasteiger partial charge in [0, 0.05) is 72.8 Å². The fraction of sp³-hybridized carbons (Fsp3) is 0.633. The van der Waals surface area contributed by atoms with Crippen LogP contribution in [0.3, 0.4) is 0 Å². The molecule has 3 heterocycles. The van der Waals surface area contributed by atoms with Crippen LogP contribution in [-0.2, 0) is 19.1 Å². The van der Waals surface area contributed by atoms with Crippen LogP contribution in [0.4, 0.5) is 13.2 Å². The minimum Gasteiger partial charge on any atom is -0.395 e. The van der Waals surface area contributed by atoms with E-state index in [9.17, 15) is 18.0 Å². The molecule has 0 radical (unpaired) electrons. The summed E-state index contributed by atoms with van der Waals surface area (Å²) < 4.78 is 43.9. The van der Waals surface area contributed by atoms with Crippen molar-refractivity contribution in [2.45, 2.75) is 77.9 Å². The lowest BCUT2D eigenvalue weighted by Crippen LogP contribution is -2.47. The number of aliphatic hydroxyl groups is 1. The molecule has 216 valence electrons. The van der Waals surface area contributed by atoms with Crippen molar-refractivity contribution in [1.82, 2.24) is 19.4 Å². The van der Waals surface area contributed by atoms with E-state index in [4.69, 9.17) is 5.11 Å². The van der Waals surface area contributed by atoms with Gasteiger partial charge in [-0.2, -0.15) is 13.2 Å². The van der Waals surface area contributed by atoms with Gasteiger partial charge < -0.3 is 19.6 Å². The molecule has 6 nitrogen and oxygen atoms in total. The molecule has 1 fully saturated rings. The number of pyridine rings is 1. The molecule has 0 atom stereocenters. The maximum atomic E-state index is 13.9. The van der Waals surface area contributed by atoms with Crippen LogP contribution in [0.25, 0.3) is 21.8 Å². The topological polar surface area (TPSA) is 64.5 Å². The summed E-state index contributed by atoms with van der Waals surface area (Å²) in [6, 6.07) is 4.15. The molecular weight excluding hydrogens is 505 g/mol. The van der Waals surface area contributed by atoms with Crippen LogP contribution in [0.1, 0.15) is 68.7 Å². The van der Waals surface area contributed by atoms with E-state index in [1.807, 2.05) is 19.9 Å². The Kier molecular flexibility index (Phi) is 10.1. The van der Waals surface area contributed by atoms with Gasteiger partial charge in [-0.15, -0.1) is 0 Å². The number of alkyl halides is 3. The van der Waals surface area contributed by atoms with Gasteiger partial charge in [0.25, 0.3) is 0 Å². The SMILES string of the molecule is CCc1c(C)c2c3c(C(F)(F)F)cc(=O)[nH]c3ccc2n1CCCCCCCCCN1CCN(CCO)CC1. The first kappa shape index (κ1) is 29.6. The van der Waals surface area contributed by atoms with Crippen LogP contribution in [0.15, 0.2) is 23.0 Å². The number of β-amino-alcohol motifs (C(OH)–C–C–N with tert-alkyl or cyclic N) is 1. The predicted molar refractivity (Wildman–Crippen MR) is 151 cm³/mol. The van der Waals surface area contributed by atoms with Crippen molar-refractivity contribution in [3.63, 3.8) is 0 Å². The molecule has 0 amide bonds. The Balaban J connectivity index is 1.29. The molecule has 2 N–H and O–H groups in total. The van der Waals surface area contributed by atoms with Gasteiger partial charge in [0.05, 0.1) is 12.2 Å². The number of hydrogen-bond donors (Lipinski definition) is 2. The van der Waals surface area contributed by atoms with Crippen LogP contribution < -0.4 is 5.56 Å². The molecule has 1 aliphatic rings. The third kappa shape index (κ3) is 7.05. The van der Waals surface area contributed by atoms with Gasteiger partial charge in [-0.25, -0.2) is 0 Å². The molecule has 4 rings (SSSR count). The smallest absolute Gasteiger partial charge is 0.395 e. The second-order valence-corrected chi connectivity index (χ2v) is 10.9. The third-order valence-corrected chi connectivity index (χ3v) is 8.29. The Morgan fingerprint density at radius 1 is 0.872 bits per heavy atom. The Bertz CT molecular complexity index is 1290. The molecule has 39 heavy (non-hydrogen) atoms. The highest BCUT2D eigenvalue weighted by molar-refractivity contribution is 6.09. The van der Waals surface area contributed by atoms with Crippen molar-refractivity contribution >= 4 is 21.8 Å². The third-order valence-electron chi connectivity index (χ3n) is 8.29. The van der Waals surface area contributed by atoms with Gasteiger partial charge in [-0.05, 0) is 50.4 Å². The molecule has 1 aromatic carbocycles. The number of unbranched alkanes of at least 4 members (excludes halogenated alkanes) is 6. The van der Waals surface area contributed by atoms with Crippen LogP contribution in [-0.4, -0.2) is 70.3 Å². The summed E-state index contributed by atoms with van der Waals surface area (Å²) in [7, 11) is 0. The monoisotopic (exact) mass is 548 g/mol. The summed E-state index contributed by atoms with van der Waals surface area (Å²) in [5.41, 5.74) is 1.37. The number of fused-ring (bicyclic) bond motifs is 3. The molecule has 0 unspecified atom stereocenters. The van der Waals surface area contributed by atoms with Gasteiger partial charge in [-0.1, -0.05) is 39.0 Å². The van der Waals surface area contributed by atoms with E-state index < -0.39 is 17.3 Å². The van der Waals surface area contributed by atoms with E-state index in [2.05, 4.69) is 19.4 Å². The lowest BCUT2D eigenvalue weighted by atomic mass is 10.0. The van der Waals surface area contributed by atoms with Gasteiger partial charge in [0.15, 0.2) is 0 Å². The molecule has 0 aliphatic carbocycles. The van der Waals surface area contributed by atoms with Crippen LogP contribution in [0, 0.1) is 6.92 Å². The van der Waals surface area contributed by atoms with Gasteiger partial charge >= 0.3 is 6.18 Å². The van der Waals surface area contributed by atoms with E-state index in [0.717, 1.165) is 81.8 Å². The number of nitrogens with zero attached hydrogens (tertiary/aromatic N) is 3. The molecule has 2 aromatic heterocycles. The van der Waals surface area contributed by atoms with E-state index in [-0.39, 0.29) is 17.5 Å². The minimum absolute atomic E-state index is 0.0950. The average Bonchev–Trinajstić information content (AvgIpc) is 3.18. The molecule has 0 spiro atoms. The van der Waals surface area contributed by atoms with Crippen molar-refractivity contribution in [1.29, 1.82) is 0 Å². The number of hydrogen-bond acceptors (Lipinski definition) is 4. The molecule has 9 heteroatoms. The van der Waals surface area contributed by atoms with Crippen LogP contribution >= 0.6 is 0 Å². The number of H-pyrrole nitrogens is 1. The lowest BCUT2D eigenvalue weighted by molar-refractivity contribution is -0.136. The maximum absolute atomic E-state index is 13.9. The zero-order chi connectivity index (χ0) is 28.0. The van der Waals surface area contributed by atoms with E-state index in [1.54, 1.807) is 6.07 Å². The number of aryl methyl sites for hydroxylation is 2. The number of piperazine rings is 1. The van der Waals surface area contributed by atoms with Crippen molar-refractivity contribution in [3.8, 4) is 0 Å². The summed E-state index contributed by atoms with van der Waals surface area (Å²) in [4.78, 5) is 19.4. The average molecular weight is 549 g/mol. The molecular formula is C30H43F3N4O2. The van der Waals surface area contributed by atoms with Crippen molar-refractivity contribution in [2.75, 3.05) is 45.9 Å². The number of aromatic nitrogens is 2. The van der Waals surface area contributed by atoms with E-state index in [1.165, 1.54) is 32.1 Å². The summed E-state index contributed by atoms with van der Waals surface area (Å²) in [6.45, 7) is 11.2. The Morgan fingerprint density at radius 3 is 2.05 bits per heavy atom. The predicted octanol–water partition coefficient (Wildman–Crippen LogP) is 5.71. The summed E-state index contributed by atoms with van der Waals surface area (Å²) in [5, 5.41) is 9.76. The second-order valence-electron chi connectivity index (χ2n) is 10.9. The molecule has 0 saturated carbocycles. The van der Waals surface area contributed by atoms with Crippen LogP contribution in [0.5, 0.6) is 0 Å². The normalized spacial score (nSPS) is 15.6. The molecule has 1 aliphatic heterocycles. The van der Waals surface area contributed by atoms with E-state index in [0.29, 0.717) is 11.5 Å². The fourth-order valence-corrected chi connectivity index (χ4v) is 6.25. The first-order valence-electron chi connectivity index (χ1n) is 14.5. The minimum atomic E-state index is -4.60. The first-order valence-corrected chi connectivity index (χ1v) is 14.5. The summed E-state index contributed by atoms with van der Waals surface area (Å²) >= 11 is 0. The van der Waals surface area contributed by atoms with Crippen molar-refractivity contribution in [3.05, 3.63) is 45.4 Å². The van der Waals surface area contributed by atoms with Crippen LogP contribution in [0.2, 0.25) is 0 Å². The number of halogens is 3. The fourth-order valence-electron chi connectivity index (χ4n) is 6.25. The standard InChI is InChI=1S/C30H43F3N4O2/c1-3-25-22(2)28-26(12-11-24-29(28)23(30(31,32)33)21-27(39)34-24)37(25)14-10-8-6-4-5-7-9-13-35-15-17-36(18-16-35)19-20-38/h11-12,21,38H,3-10,13-20H2,1-2H3,(H,34,39). The largest absolute Gasteiger partial charge is 0.417 e. The first-order chi connectivity index (χ1) is 18.7. The lowest BCUT2D eigenvalue weighted by Gasteiger charge is -2.34. The number of rotatable bonds is 13. The van der Waals surface area contributed by atoms with Gasteiger partial charge in [0.1, 0.15) is 0 Å². The Hall–Kier alpha value is -2.36. The summed E-state index contributed by atoms with van der Waals surface area (Å²) in [5.74, 6) is 0. The summed E-state index contributed by atoms with van der Waals surface area (Å²) in [6.07, 6.45) is 4.32. The number of aromatic amines is 1. The van der Waals surface area contributed by atoms with Gasteiger partial charge in [0.2, 0.25) is 5.56 Å². The quantitative estimate of drug-likeness (QED) is 0.269. The molecule has 1 saturated heterocycles. The zero-order valence-corrected chi connectivity index (χ0v) is 23.4. The van der Waals surface area contributed by atoms with Crippen molar-refractivity contribution < 1.29 is 18.3 Å². The van der Waals surface area contributed by atoms with Crippen molar-refractivity contribution in [2.24, 2.45) is 0 Å². The number of benzene rings is 1. The molecule has 0 bridgehead atoms. The number of nitrogens with one attached hydrogen (secondary N) is 1. The van der Waals surface area contributed by atoms with Gasteiger partial charge in [-0.3, -0.25) is 9.69 Å². The Morgan fingerprint density at radius 2 is 1.46 bits per heavy atom. The maximum Gasteiger partial charge on any atom is 0.417 e. The number of aliphatic hydroxyl groups excluding tert-OH is 1. The molecule has 3 aromatic rings. The van der Waals surface area contributed by atoms with E-state index >= 15 is 0 Å². The highest BCUT2D eigenvalue weighted by Gasteiger charge is 2.34. The zero-order valence-electron chi connectivity index (χ0n) is 23.4. The highest BCUT2D eigenvalue weighted by Crippen LogP contribution is 2.39. The Labute approximate surface area is 228 Å². The highest BCUT2D eigenvalue weighted by atomic mass is 19.4.